The van der Waals surface area contributed by atoms with Crippen molar-refractivity contribution < 1.29 is 22.7 Å². The van der Waals surface area contributed by atoms with Crippen molar-refractivity contribution in [2.45, 2.75) is 13.0 Å². The summed E-state index contributed by atoms with van der Waals surface area (Å²) in [6.07, 6.45) is 0.00312. The van der Waals surface area contributed by atoms with E-state index in [4.69, 9.17) is 10.00 Å². The van der Waals surface area contributed by atoms with Crippen LogP contribution in [-0.2, 0) is 14.8 Å². The first kappa shape index (κ1) is 19.1. The van der Waals surface area contributed by atoms with Crippen LogP contribution in [0.4, 0.5) is 5.69 Å². The fourth-order valence-electron chi connectivity index (χ4n) is 2.11. The van der Waals surface area contributed by atoms with Crippen molar-refractivity contribution in [1.82, 2.24) is 0 Å². The van der Waals surface area contributed by atoms with Gasteiger partial charge in [0.05, 0.1) is 23.5 Å². The number of sulfonamides is 1. The topological polar surface area (TPSA) is 113 Å². The summed E-state index contributed by atoms with van der Waals surface area (Å²) >= 11 is 0. The summed E-state index contributed by atoms with van der Waals surface area (Å²) in [4.78, 5) is 24.4. The number of esters is 1. The van der Waals surface area contributed by atoms with Crippen LogP contribution in [0.25, 0.3) is 0 Å². The minimum absolute atomic E-state index is 0.233. The zero-order chi connectivity index (χ0) is 19.3. The third kappa shape index (κ3) is 5.16. The molecule has 0 fully saturated rings. The third-order valence-electron chi connectivity index (χ3n) is 3.38. The minimum atomic E-state index is -3.40. The van der Waals surface area contributed by atoms with E-state index in [0.717, 1.165) is 6.26 Å². The first-order valence-electron chi connectivity index (χ1n) is 7.53. The van der Waals surface area contributed by atoms with Gasteiger partial charge in [-0.25, -0.2) is 13.2 Å². The molecular weight excluding hydrogens is 356 g/mol. The standard InChI is InChI=1S/C18H16N2O5S/c1-12(25-18(22)15-5-3-13(11-19)4-6-15)17(21)14-7-9-16(10-8-14)20-26(2,23)24/h3-10,12,20H,1-2H3/t12-/m1/s1. The average molecular weight is 372 g/mol. The van der Waals surface area contributed by atoms with E-state index in [0.29, 0.717) is 11.3 Å². The summed E-state index contributed by atoms with van der Waals surface area (Å²) in [6.45, 7) is 1.45. The number of nitriles is 1. The van der Waals surface area contributed by atoms with E-state index >= 15 is 0 Å². The van der Waals surface area contributed by atoms with Gasteiger partial charge in [-0.2, -0.15) is 5.26 Å². The highest BCUT2D eigenvalue weighted by Gasteiger charge is 2.20. The van der Waals surface area contributed by atoms with Crippen LogP contribution >= 0.6 is 0 Å². The summed E-state index contributed by atoms with van der Waals surface area (Å²) in [5, 5.41) is 8.74. The van der Waals surface area contributed by atoms with Gasteiger partial charge in [-0.05, 0) is 55.5 Å². The van der Waals surface area contributed by atoms with Gasteiger partial charge in [-0.15, -0.1) is 0 Å². The number of Topliss-reactive ketones (excluding diaryl/α,β-unsaturated/α-hetero) is 1. The number of carbonyl (C=O) groups excluding carboxylic acids is 2. The molecule has 0 amide bonds. The lowest BCUT2D eigenvalue weighted by Gasteiger charge is -2.13. The molecule has 0 aliphatic rings. The van der Waals surface area contributed by atoms with Gasteiger partial charge in [0.15, 0.2) is 6.10 Å². The maximum absolute atomic E-state index is 12.3. The summed E-state index contributed by atoms with van der Waals surface area (Å²) in [5.41, 5.74) is 1.25. The van der Waals surface area contributed by atoms with Crippen LogP contribution < -0.4 is 4.72 Å². The highest BCUT2D eigenvalue weighted by molar-refractivity contribution is 7.92. The molecule has 26 heavy (non-hydrogen) atoms. The van der Waals surface area contributed by atoms with Crippen LogP contribution in [0.5, 0.6) is 0 Å². The molecule has 0 saturated heterocycles. The summed E-state index contributed by atoms with van der Waals surface area (Å²) in [7, 11) is -3.40. The molecule has 0 aliphatic carbocycles. The van der Waals surface area contributed by atoms with E-state index < -0.39 is 27.9 Å². The number of hydrogen-bond acceptors (Lipinski definition) is 6. The van der Waals surface area contributed by atoms with Gasteiger partial charge < -0.3 is 4.74 Å². The van der Waals surface area contributed by atoms with Crippen molar-refractivity contribution in [3.63, 3.8) is 0 Å². The molecule has 0 aromatic heterocycles. The Labute approximate surface area is 151 Å². The van der Waals surface area contributed by atoms with E-state index in [1.807, 2.05) is 6.07 Å². The number of nitrogens with zero attached hydrogens (tertiary/aromatic N) is 1. The van der Waals surface area contributed by atoms with E-state index in [2.05, 4.69) is 4.72 Å². The lowest BCUT2D eigenvalue weighted by Crippen LogP contribution is -2.24. The Morgan fingerprint density at radius 3 is 2.08 bits per heavy atom. The fourth-order valence-corrected chi connectivity index (χ4v) is 2.68. The molecule has 0 spiro atoms. The summed E-state index contributed by atoms with van der Waals surface area (Å²) < 4.78 is 29.8. The second-order valence-electron chi connectivity index (χ2n) is 5.55. The molecule has 0 saturated carbocycles. The predicted molar refractivity (Wildman–Crippen MR) is 95.3 cm³/mol. The molecule has 0 unspecified atom stereocenters. The molecule has 0 bridgehead atoms. The monoisotopic (exact) mass is 372 g/mol. The molecular formula is C18H16N2O5S. The number of hydrogen-bond donors (Lipinski definition) is 1. The number of carbonyl (C=O) groups is 2. The number of ketones is 1. The normalized spacial score (nSPS) is 11.9. The van der Waals surface area contributed by atoms with Gasteiger partial charge in [0.2, 0.25) is 15.8 Å². The van der Waals surface area contributed by atoms with Crippen molar-refractivity contribution in [2.24, 2.45) is 0 Å². The SMILES string of the molecule is C[C@@H](OC(=O)c1ccc(C#N)cc1)C(=O)c1ccc(NS(C)(=O)=O)cc1. The smallest absolute Gasteiger partial charge is 0.338 e. The molecule has 1 N–H and O–H groups in total. The van der Waals surface area contributed by atoms with Crippen molar-refractivity contribution in [1.29, 1.82) is 5.26 Å². The van der Waals surface area contributed by atoms with E-state index in [1.54, 1.807) is 0 Å². The Hall–Kier alpha value is -3.18. The van der Waals surface area contributed by atoms with Gasteiger partial charge in [0.25, 0.3) is 0 Å². The number of nitrogens with one attached hydrogen (secondary N) is 1. The maximum atomic E-state index is 12.3. The lowest BCUT2D eigenvalue weighted by molar-refractivity contribution is 0.0319. The molecule has 7 nitrogen and oxygen atoms in total. The van der Waals surface area contributed by atoms with E-state index in [1.165, 1.54) is 55.5 Å². The molecule has 2 rings (SSSR count). The fraction of sp³-hybridized carbons (Fsp3) is 0.167. The van der Waals surface area contributed by atoms with Crippen molar-refractivity contribution in [3.05, 3.63) is 65.2 Å². The van der Waals surface area contributed by atoms with Crippen molar-refractivity contribution in [2.75, 3.05) is 11.0 Å². The molecule has 2 aromatic carbocycles. The van der Waals surface area contributed by atoms with Crippen LogP contribution in [0, 0.1) is 11.3 Å². The summed E-state index contributed by atoms with van der Waals surface area (Å²) in [6, 6.07) is 13.6. The van der Waals surface area contributed by atoms with Gasteiger partial charge >= 0.3 is 5.97 Å². The molecule has 2 aromatic rings. The molecule has 0 radical (unpaired) electrons. The highest BCUT2D eigenvalue weighted by Crippen LogP contribution is 2.14. The quantitative estimate of drug-likeness (QED) is 0.615. The van der Waals surface area contributed by atoms with Crippen LogP contribution in [-0.4, -0.2) is 32.5 Å². The predicted octanol–water partition coefficient (Wildman–Crippen LogP) is 2.36. The van der Waals surface area contributed by atoms with Crippen LogP contribution in [0.3, 0.4) is 0 Å². The minimum Gasteiger partial charge on any atom is -0.451 e. The van der Waals surface area contributed by atoms with E-state index in [9.17, 15) is 18.0 Å². The highest BCUT2D eigenvalue weighted by atomic mass is 32.2. The Balaban J connectivity index is 2.04. The zero-order valence-corrected chi connectivity index (χ0v) is 14.9. The lowest BCUT2D eigenvalue weighted by atomic mass is 10.1. The van der Waals surface area contributed by atoms with Gasteiger partial charge in [0.1, 0.15) is 0 Å². The van der Waals surface area contributed by atoms with E-state index in [-0.39, 0.29) is 11.1 Å². The Bertz CT molecular complexity index is 958. The average Bonchev–Trinajstić information content (AvgIpc) is 2.60. The number of rotatable bonds is 6. The molecule has 1 atom stereocenters. The number of anilines is 1. The van der Waals surface area contributed by atoms with Crippen molar-refractivity contribution >= 4 is 27.5 Å². The Kier molecular flexibility index (Phi) is 5.75. The third-order valence-corrected chi connectivity index (χ3v) is 3.98. The van der Waals surface area contributed by atoms with Crippen molar-refractivity contribution in [3.8, 4) is 6.07 Å². The van der Waals surface area contributed by atoms with Gasteiger partial charge in [0, 0.05) is 11.3 Å². The number of ether oxygens (including phenoxy) is 1. The Morgan fingerprint density at radius 2 is 1.58 bits per heavy atom. The molecule has 0 heterocycles. The first-order chi connectivity index (χ1) is 12.2. The largest absolute Gasteiger partial charge is 0.451 e. The zero-order valence-electron chi connectivity index (χ0n) is 14.1. The Morgan fingerprint density at radius 1 is 1.04 bits per heavy atom. The molecule has 134 valence electrons. The molecule has 0 aliphatic heterocycles. The van der Waals surface area contributed by atoms with Crippen LogP contribution in [0.15, 0.2) is 48.5 Å². The van der Waals surface area contributed by atoms with Crippen LogP contribution in [0.1, 0.15) is 33.2 Å². The van der Waals surface area contributed by atoms with Gasteiger partial charge in [-0.1, -0.05) is 0 Å². The van der Waals surface area contributed by atoms with Gasteiger partial charge in [-0.3, -0.25) is 9.52 Å². The summed E-state index contributed by atoms with van der Waals surface area (Å²) in [5.74, 6) is -1.09. The second kappa shape index (κ2) is 7.80. The first-order valence-corrected chi connectivity index (χ1v) is 9.42. The van der Waals surface area contributed by atoms with Crippen LogP contribution in [0.2, 0.25) is 0 Å². The number of benzene rings is 2. The second-order valence-corrected chi connectivity index (χ2v) is 7.30. The molecule has 8 heteroatoms. The maximum Gasteiger partial charge on any atom is 0.338 e.